The van der Waals surface area contributed by atoms with Crippen molar-refractivity contribution in [3.63, 3.8) is 0 Å². The Hall–Kier alpha value is -2.57. The topological polar surface area (TPSA) is 102 Å². The van der Waals surface area contributed by atoms with E-state index < -0.39 is 41.5 Å². The van der Waals surface area contributed by atoms with Crippen molar-refractivity contribution in [3.05, 3.63) is 29.8 Å². The second kappa shape index (κ2) is 8.88. The van der Waals surface area contributed by atoms with E-state index in [1.165, 1.54) is 12.1 Å². The van der Waals surface area contributed by atoms with Gasteiger partial charge in [-0.05, 0) is 65.7 Å². The van der Waals surface area contributed by atoms with Gasteiger partial charge in [0.2, 0.25) is 0 Å². The van der Waals surface area contributed by atoms with E-state index in [0.717, 1.165) is 0 Å². The molecule has 0 saturated carbocycles. The standard InChI is InChI=1S/C20H29NO6/c1-19(2,3)26-17(24)12-16(23)15(21-18(25)27-20(4,5)6)11-13-7-9-14(22)10-8-13/h7-10,15,22H,11-12H2,1-6H3,(H,21,25)/t15-/m0/s1. The van der Waals surface area contributed by atoms with Crippen LogP contribution in [0.15, 0.2) is 24.3 Å². The summed E-state index contributed by atoms with van der Waals surface area (Å²) >= 11 is 0. The Morgan fingerprint density at radius 2 is 1.48 bits per heavy atom. The fourth-order valence-electron chi connectivity index (χ4n) is 2.21. The zero-order valence-electron chi connectivity index (χ0n) is 16.8. The number of hydrogen-bond acceptors (Lipinski definition) is 6. The van der Waals surface area contributed by atoms with Gasteiger partial charge in [0.05, 0.1) is 6.04 Å². The number of ether oxygens (including phenoxy) is 2. The number of phenols is 1. The number of Topliss-reactive ketones (excluding diaryl/α,β-unsaturated/α-hetero) is 1. The highest BCUT2D eigenvalue weighted by Gasteiger charge is 2.28. The summed E-state index contributed by atoms with van der Waals surface area (Å²) in [6.45, 7) is 10.3. The lowest BCUT2D eigenvalue weighted by molar-refractivity contribution is -0.156. The smallest absolute Gasteiger partial charge is 0.408 e. The highest BCUT2D eigenvalue weighted by molar-refractivity contribution is 5.99. The summed E-state index contributed by atoms with van der Waals surface area (Å²) in [5.41, 5.74) is -0.713. The molecule has 0 aromatic heterocycles. The number of carbonyl (C=O) groups excluding carboxylic acids is 3. The Labute approximate surface area is 160 Å². The highest BCUT2D eigenvalue weighted by atomic mass is 16.6. The first-order valence-electron chi connectivity index (χ1n) is 8.77. The van der Waals surface area contributed by atoms with Crippen LogP contribution in [0.3, 0.4) is 0 Å². The Kier molecular flexibility index (Phi) is 7.39. The number of hydrogen-bond donors (Lipinski definition) is 2. The van der Waals surface area contributed by atoms with Gasteiger partial charge >= 0.3 is 12.1 Å². The molecule has 2 N–H and O–H groups in total. The van der Waals surface area contributed by atoms with Crippen molar-refractivity contribution >= 4 is 17.8 Å². The minimum absolute atomic E-state index is 0.0930. The number of esters is 1. The van der Waals surface area contributed by atoms with Crippen LogP contribution in [0.2, 0.25) is 0 Å². The molecular weight excluding hydrogens is 350 g/mol. The number of nitrogens with one attached hydrogen (secondary N) is 1. The summed E-state index contributed by atoms with van der Waals surface area (Å²) in [5.74, 6) is -1.05. The first kappa shape index (κ1) is 22.5. The van der Waals surface area contributed by atoms with E-state index in [4.69, 9.17) is 9.47 Å². The molecule has 0 aliphatic carbocycles. The number of benzene rings is 1. The Bertz CT molecular complexity index is 667. The number of aromatic hydroxyl groups is 1. The zero-order valence-corrected chi connectivity index (χ0v) is 16.8. The van der Waals surface area contributed by atoms with Crippen molar-refractivity contribution in [1.29, 1.82) is 0 Å². The predicted octanol–water partition coefficient (Wildman–Crippen LogP) is 3.13. The number of alkyl carbamates (subject to hydrolysis) is 1. The fourth-order valence-corrected chi connectivity index (χ4v) is 2.21. The monoisotopic (exact) mass is 379 g/mol. The summed E-state index contributed by atoms with van der Waals surface area (Å²) in [6, 6.07) is 5.28. The van der Waals surface area contributed by atoms with Gasteiger partial charge in [-0.15, -0.1) is 0 Å². The van der Waals surface area contributed by atoms with Crippen molar-refractivity contribution in [1.82, 2.24) is 5.32 Å². The van der Waals surface area contributed by atoms with E-state index >= 15 is 0 Å². The number of amides is 1. The molecule has 0 fully saturated rings. The summed E-state index contributed by atoms with van der Waals surface area (Å²) in [4.78, 5) is 36.6. The fraction of sp³-hybridized carbons (Fsp3) is 0.550. The largest absolute Gasteiger partial charge is 0.508 e. The number of rotatable bonds is 6. The van der Waals surface area contributed by atoms with E-state index in [0.29, 0.717) is 5.56 Å². The molecule has 0 saturated heterocycles. The predicted molar refractivity (Wildman–Crippen MR) is 100 cm³/mol. The van der Waals surface area contributed by atoms with Gasteiger partial charge in [-0.3, -0.25) is 9.59 Å². The molecule has 0 aliphatic rings. The maximum atomic E-state index is 12.6. The second-order valence-electron chi connectivity index (χ2n) is 8.30. The normalized spacial score (nSPS) is 12.8. The summed E-state index contributed by atoms with van der Waals surface area (Å²) in [7, 11) is 0. The van der Waals surface area contributed by atoms with Gasteiger partial charge in [-0.2, -0.15) is 0 Å². The molecule has 0 radical (unpaired) electrons. The number of phenolic OH excluding ortho intramolecular Hbond substituents is 1. The van der Waals surface area contributed by atoms with Crippen LogP contribution in [-0.4, -0.2) is 40.2 Å². The van der Waals surface area contributed by atoms with Crippen LogP contribution in [0.25, 0.3) is 0 Å². The van der Waals surface area contributed by atoms with E-state index in [9.17, 15) is 19.5 Å². The second-order valence-corrected chi connectivity index (χ2v) is 8.30. The van der Waals surface area contributed by atoms with Gasteiger partial charge in [0, 0.05) is 0 Å². The minimum Gasteiger partial charge on any atom is -0.508 e. The average molecular weight is 379 g/mol. The van der Waals surface area contributed by atoms with Crippen LogP contribution in [0.5, 0.6) is 5.75 Å². The Morgan fingerprint density at radius 3 is 1.96 bits per heavy atom. The van der Waals surface area contributed by atoms with Gasteiger partial charge in [0.1, 0.15) is 23.4 Å². The zero-order chi connectivity index (χ0) is 20.8. The lowest BCUT2D eigenvalue weighted by Crippen LogP contribution is -2.45. The Balaban J connectivity index is 2.88. The van der Waals surface area contributed by atoms with Crippen molar-refractivity contribution in [2.45, 2.75) is 71.6 Å². The third-order valence-electron chi connectivity index (χ3n) is 3.19. The summed E-state index contributed by atoms with van der Waals surface area (Å²) < 4.78 is 10.4. The maximum absolute atomic E-state index is 12.6. The van der Waals surface area contributed by atoms with Crippen molar-refractivity contribution in [2.75, 3.05) is 0 Å². The van der Waals surface area contributed by atoms with E-state index in [2.05, 4.69) is 5.32 Å². The van der Waals surface area contributed by atoms with Gasteiger partial charge in [-0.1, -0.05) is 12.1 Å². The van der Waals surface area contributed by atoms with Crippen molar-refractivity contribution < 1.29 is 29.0 Å². The molecule has 0 bridgehead atoms. The number of carbonyl (C=O) groups is 3. The van der Waals surface area contributed by atoms with E-state index in [1.54, 1.807) is 53.7 Å². The molecule has 0 spiro atoms. The molecule has 7 nitrogen and oxygen atoms in total. The van der Waals surface area contributed by atoms with Crippen molar-refractivity contribution in [3.8, 4) is 5.75 Å². The summed E-state index contributed by atoms with van der Waals surface area (Å²) in [5, 5.41) is 11.9. The first-order valence-corrected chi connectivity index (χ1v) is 8.77. The quantitative estimate of drug-likeness (QED) is 0.582. The van der Waals surface area contributed by atoms with Crippen molar-refractivity contribution in [2.24, 2.45) is 0 Å². The maximum Gasteiger partial charge on any atom is 0.408 e. The third kappa shape index (κ3) is 9.63. The van der Waals surface area contributed by atoms with Crippen LogP contribution in [0.1, 0.15) is 53.5 Å². The van der Waals surface area contributed by atoms with E-state index in [-0.39, 0.29) is 12.2 Å². The SMILES string of the molecule is CC(C)(C)OC(=O)CC(=O)[C@H](Cc1ccc(O)cc1)NC(=O)OC(C)(C)C. The first-order chi connectivity index (χ1) is 12.2. The van der Waals surface area contributed by atoms with Crippen LogP contribution in [-0.2, 0) is 25.5 Å². The van der Waals surface area contributed by atoms with Crippen LogP contribution < -0.4 is 5.32 Å². The lowest BCUT2D eigenvalue weighted by atomic mass is 10.0. The molecule has 1 aromatic rings. The molecule has 0 heterocycles. The average Bonchev–Trinajstić information content (AvgIpc) is 2.44. The van der Waals surface area contributed by atoms with Gasteiger partial charge < -0.3 is 19.9 Å². The van der Waals surface area contributed by atoms with E-state index in [1.807, 2.05) is 0 Å². The molecule has 1 amide bonds. The molecule has 1 rings (SSSR count). The molecule has 150 valence electrons. The highest BCUT2D eigenvalue weighted by Crippen LogP contribution is 2.14. The van der Waals surface area contributed by atoms with Crippen LogP contribution >= 0.6 is 0 Å². The molecule has 27 heavy (non-hydrogen) atoms. The molecule has 0 unspecified atom stereocenters. The van der Waals surface area contributed by atoms with Crippen LogP contribution in [0.4, 0.5) is 4.79 Å². The summed E-state index contributed by atoms with van der Waals surface area (Å²) in [6.07, 6.45) is -1.06. The van der Waals surface area contributed by atoms with Gasteiger partial charge in [0.25, 0.3) is 0 Å². The van der Waals surface area contributed by atoms with Crippen LogP contribution in [0, 0.1) is 0 Å². The molecule has 1 atom stereocenters. The molecule has 1 aromatic carbocycles. The third-order valence-corrected chi connectivity index (χ3v) is 3.19. The van der Waals surface area contributed by atoms with Gasteiger partial charge in [-0.25, -0.2) is 4.79 Å². The Morgan fingerprint density at radius 1 is 0.963 bits per heavy atom. The molecule has 0 aliphatic heterocycles. The molecule has 7 heteroatoms. The number of ketones is 1. The van der Waals surface area contributed by atoms with Gasteiger partial charge in [0.15, 0.2) is 5.78 Å². The minimum atomic E-state index is -0.961. The molecular formula is C20H29NO6. The lowest BCUT2D eigenvalue weighted by Gasteiger charge is -2.24.